The normalized spacial score (nSPS) is 11.8. The van der Waals surface area contributed by atoms with E-state index in [1.807, 2.05) is 31.2 Å². The van der Waals surface area contributed by atoms with Crippen molar-refractivity contribution in [1.82, 2.24) is 0 Å². The standard InChI is InChI=1S/C23H31N3O/c1-4-21-14-20(13-18(2)25)15-22(16-24)23(21)26(3)11-8-12-27-17-19-9-6-5-7-10-19/h5-7,9-10,14-15,18H,4,8,11-13,17,25H2,1-3H3. The zero-order valence-corrected chi connectivity index (χ0v) is 16.7. The Kier molecular flexibility index (Phi) is 8.32. The minimum Gasteiger partial charge on any atom is -0.377 e. The maximum Gasteiger partial charge on any atom is 0.101 e. The highest BCUT2D eigenvalue weighted by molar-refractivity contribution is 5.65. The minimum absolute atomic E-state index is 0.0894. The molecule has 0 aliphatic rings. The lowest BCUT2D eigenvalue weighted by atomic mass is 9.97. The van der Waals surface area contributed by atoms with E-state index in [4.69, 9.17) is 10.5 Å². The molecule has 144 valence electrons. The van der Waals surface area contributed by atoms with Crippen molar-refractivity contribution >= 4 is 5.69 Å². The third-order valence-corrected chi connectivity index (χ3v) is 4.58. The first kappa shape index (κ1) is 21.0. The first-order valence-electron chi connectivity index (χ1n) is 9.69. The summed E-state index contributed by atoms with van der Waals surface area (Å²) in [6, 6.07) is 16.9. The number of hydrogen-bond donors (Lipinski definition) is 1. The Bertz CT molecular complexity index is 750. The van der Waals surface area contributed by atoms with Gasteiger partial charge in [-0.15, -0.1) is 0 Å². The molecule has 0 aliphatic carbocycles. The van der Waals surface area contributed by atoms with E-state index in [-0.39, 0.29) is 6.04 Å². The van der Waals surface area contributed by atoms with E-state index in [0.717, 1.165) is 42.6 Å². The van der Waals surface area contributed by atoms with Crippen molar-refractivity contribution in [1.29, 1.82) is 5.26 Å². The summed E-state index contributed by atoms with van der Waals surface area (Å²) in [6.45, 7) is 6.31. The van der Waals surface area contributed by atoms with Crippen molar-refractivity contribution < 1.29 is 4.74 Å². The Balaban J connectivity index is 1.96. The number of nitrogens with two attached hydrogens (primary N) is 1. The molecule has 1 unspecified atom stereocenters. The molecule has 2 rings (SSSR count). The maximum atomic E-state index is 9.65. The van der Waals surface area contributed by atoms with Crippen molar-refractivity contribution in [3.8, 4) is 6.07 Å². The molecule has 0 saturated carbocycles. The van der Waals surface area contributed by atoms with Crippen LogP contribution in [0.1, 0.15) is 42.5 Å². The van der Waals surface area contributed by atoms with Crippen LogP contribution in [-0.4, -0.2) is 26.2 Å². The lowest BCUT2D eigenvalue weighted by molar-refractivity contribution is 0.119. The van der Waals surface area contributed by atoms with Crippen LogP contribution in [0.4, 0.5) is 5.69 Å². The van der Waals surface area contributed by atoms with Gasteiger partial charge in [0, 0.05) is 26.2 Å². The summed E-state index contributed by atoms with van der Waals surface area (Å²) in [5.41, 5.74) is 11.2. The number of nitrogens with zero attached hydrogens (tertiary/aromatic N) is 2. The van der Waals surface area contributed by atoms with E-state index < -0.39 is 0 Å². The number of rotatable bonds is 10. The second kappa shape index (κ2) is 10.7. The Morgan fingerprint density at radius 2 is 1.93 bits per heavy atom. The molecule has 0 aliphatic heterocycles. The lowest BCUT2D eigenvalue weighted by Crippen LogP contribution is -2.23. The SMILES string of the molecule is CCc1cc(CC(C)N)cc(C#N)c1N(C)CCCOCc1ccccc1. The Hall–Kier alpha value is -2.35. The second-order valence-corrected chi connectivity index (χ2v) is 7.11. The van der Waals surface area contributed by atoms with Crippen molar-refractivity contribution in [2.45, 2.75) is 45.8 Å². The van der Waals surface area contributed by atoms with Gasteiger partial charge in [0.15, 0.2) is 0 Å². The van der Waals surface area contributed by atoms with E-state index in [2.05, 4.69) is 43.1 Å². The van der Waals surface area contributed by atoms with E-state index in [9.17, 15) is 5.26 Å². The number of nitriles is 1. The van der Waals surface area contributed by atoms with Crippen LogP contribution < -0.4 is 10.6 Å². The van der Waals surface area contributed by atoms with Gasteiger partial charge in [-0.25, -0.2) is 0 Å². The van der Waals surface area contributed by atoms with Gasteiger partial charge < -0.3 is 15.4 Å². The number of benzene rings is 2. The maximum absolute atomic E-state index is 9.65. The molecule has 1 atom stereocenters. The molecule has 0 bridgehead atoms. The van der Waals surface area contributed by atoms with Gasteiger partial charge in [-0.3, -0.25) is 0 Å². The average molecular weight is 366 g/mol. The molecule has 0 fully saturated rings. The van der Waals surface area contributed by atoms with Crippen LogP contribution in [0.25, 0.3) is 0 Å². The summed E-state index contributed by atoms with van der Waals surface area (Å²) in [6.07, 6.45) is 2.60. The molecule has 4 nitrogen and oxygen atoms in total. The number of ether oxygens (including phenoxy) is 1. The van der Waals surface area contributed by atoms with E-state index in [0.29, 0.717) is 13.2 Å². The lowest BCUT2D eigenvalue weighted by Gasteiger charge is -2.24. The van der Waals surface area contributed by atoms with Crippen molar-refractivity contribution in [2.75, 3.05) is 25.1 Å². The summed E-state index contributed by atoms with van der Waals surface area (Å²) in [7, 11) is 2.05. The first-order valence-corrected chi connectivity index (χ1v) is 9.69. The van der Waals surface area contributed by atoms with Crippen LogP contribution >= 0.6 is 0 Å². The zero-order chi connectivity index (χ0) is 19.6. The Morgan fingerprint density at radius 1 is 1.19 bits per heavy atom. The van der Waals surface area contributed by atoms with Gasteiger partial charge in [0.25, 0.3) is 0 Å². The number of aryl methyl sites for hydroxylation is 1. The molecule has 4 heteroatoms. The quantitative estimate of drug-likeness (QED) is 0.645. The van der Waals surface area contributed by atoms with Crippen LogP contribution in [0.5, 0.6) is 0 Å². The molecule has 0 saturated heterocycles. The fraction of sp³-hybridized carbons (Fsp3) is 0.435. The Labute approximate surface area is 163 Å². The summed E-state index contributed by atoms with van der Waals surface area (Å²) in [4.78, 5) is 2.18. The van der Waals surface area contributed by atoms with Crippen molar-refractivity contribution in [3.63, 3.8) is 0 Å². The zero-order valence-electron chi connectivity index (χ0n) is 16.7. The molecule has 2 N–H and O–H groups in total. The summed E-state index contributed by atoms with van der Waals surface area (Å²) < 4.78 is 5.78. The highest BCUT2D eigenvalue weighted by Gasteiger charge is 2.14. The topological polar surface area (TPSA) is 62.3 Å². The molecule has 27 heavy (non-hydrogen) atoms. The molecule has 0 radical (unpaired) electrons. The van der Waals surface area contributed by atoms with Crippen LogP contribution in [-0.2, 0) is 24.2 Å². The summed E-state index contributed by atoms with van der Waals surface area (Å²) in [5.74, 6) is 0. The largest absolute Gasteiger partial charge is 0.377 e. The van der Waals surface area contributed by atoms with Gasteiger partial charge >= 0.3 is 0 Å². The predicted molar refractivity (Wildman–Crippen MR) is 112 cm³/mol. The monoisotopic (exact) mass is 365 g/mol. The van der Waals surface area contributed by atoms with Gasteiger partial charge in [0.2, 0.25) is 0 Å². The molecule has 0 heterocycles. The smallest absolute Gasteiger partial charge is 0.101 e. The average Bonchev–Trinajstić information content (AvgIpc) is 2.67. The highest BCUT2D eigenvalue weighted by Crippen LogP contribution is 2.27. The second-order valence-electron chi connectivity index (χ2n) is 7.11. The van der Waals surface area contributed by atoms with Gasteiger partial charge in [0.05, 0.1) is 17.9 Å². The molecule has 0 aromatic heterocycles. The van der Waals surface area contributed by atoms with Gasteiger partial charge in [-0.2, -0.15) is 5.26 Å². The molecule has 0 amide bonds. The van der Waals surface area contributed by atoms with E-state index in [1.165, 1.54) is 11.1 Å². The summed E-state index contributed by atoms with van der Waals surface area (Å²) >= 11 is 0. The fourth-order valence-corrected chi connectivity index (χ4v) is 3.34. The minimum atomic E-state index is 0.0894. The molecule has 2 aromatic rings. The highest BCUT2D eigenvalue weighted by atomic mass is 16.5. The van der Waals surface area contributed by atoms with E-state index in [1.54, 1.807) is 0 Å². The first-order chi connectivity index (χ1) is 13.0. The van der Waals surface area contributed by atoms with Crippen LogP contribution in [0, 0.1) is 11.3 Å². The molecular formula is C23H31N3O. The third-order valence-electron chi connectivity index (χ3n) is 4.58. The summed E-state index contributed by atoms with van der Waals surface area (Å²) in [5, 5.41) is 9.65. The van der Waals surface area contributed by atoms with Crippen LogP contribution in [0.2, 0.25) is 0 Å². The number of hydrogen-bond acceptors (Lipinski definition) is 4. The van der Waals surface area contributed by atoms with E-state index >= 15 is 0 Å². The molecule has 0 spiro atoms. The van der Waals surface area contributed by atoms with Crippen molar-refractivity contribution in [2.24, 2.45) is 5.73 Å². The fourth-order valence-electron chi connectivity index (χ4n) is 3.34. The molecular weight excluding hydrogens is 334 g/mol. The Morgan fingerprint density at radius 3 is 2.56 bits per heavy atom. The third kappa shape index (κ3) is 6.39. The van der Waals surface area contributed by atoms with Gasteiger partial charge in [-0.1, -0.05) is 43.3 Å². The van der Waals surface area contributed by atoms with Gasteiger partial charge in [0.1, 0.15) is 6.07 Å². The predicted octanol–water partition coefficient (Wildman–Crippen LogP) is 4.05. The molecule has 2 aromatic carbocycles. The van der Waals surface area contributed by atoms with Crippen LogP contribution in [0.15, 0.2) is 42.5 Å². The van der Waals surface area contributed by atoms with Gasteiger partial charge in [-0.05, 0) is 48.9 Å². The van der Waals surface area contributed by atoms with Crippen molar-refractivity contribution in [3.05, 3.63) is 64.7 Å². The number of anilines is 1. The van der Waals surface area contributed by atoms with Crippen LogP contribution in [0.3, 0.4) is 0 Å².